The summed E-state index contributed by atoms with van der Waals surface area (Å²) in [5.74, 6) is -1.23. The first-order valence-electron chi connectivity index (χ1n) is 22.2. The zero-order chi connectivity index (χ0) is 46.3. The molecule has 346 valence electrons. The first-order chi connectivity index (χ1) is 31.7. The van der Waals surface area contributed by atoms with Gasteiger partial charge in [0, 0.05) is 86.7 Å². The topological polar surface area (TPSA) is 196 Å². The van der Waals surface area contributed by atoms with Crippen LogP contribution in [0.3, 0.4) is 0 Å². The molecule has 9 rings (SSSR count). The summed E-state index contributed by atoms with van der Waals surface area (Å²) < 4.78 is 22.6. The molecule has 3 aromatic carbocycles. The molecule has 3 fully saturated rings. The Morgan fingerprint density at radius 2 is 1.58 bits per heavy atom. The van der Waals surface area contributed by atoms with Gasteiger partial charge < -0.3 is 39.4 Å². The lowest BCUT2D eigenvalue weighted by Crippen LogP contribution is -2.45. The number of halogens is 2. The average molecular weight is 941 g/mol. The summed E-state index contributed by atoms with van der Waals surface area (Å²) in [6.45, 7) is 13.4. The molecule has 2 aromatic heterocycles. The van der Waals surface area contributed by atoms with Crippen LogP contribution in [0, 0.1) is 0 Å². The molecule has 2 atom stereocenters. The van der Waals surface area contributed by atoms with Crippen LogP contribution in [0.25, 0.3) is 21.8 Å². The van der Waals surface area contributed by atoms with E-state index in [0.29, 0.717) is 103 Å². The molecule has 5 aromatic rings. The summed E-state index contributed by atoms with van der Waals surface area (Å²) in [5.41, 5.74) is 9.40. The Labute approximate surface area is 391 Å². The Morgan fingerprint density at radius 1 is 0.879 bits per heavy atom. The molecule has 6 heterocycles. The van der Waals surface area contributed by atoms with Crippen LogP contribution in [0.2, 0.25) is 10.0 Å². The highest BCUT2D eigenvalue weighted by atomic mass is 35.5. The van der Waals surface area contributed by atoms with E-state index in [9.17, 15) is 19.2 Å². The number of nitrogens with zero attached hydrogens (tertiary/aromatic N) is 8. The normalized spacial score (nSPS) is 18.5. The first-order valence-corrected chi connectivity index (χ1v) is 22.9. The van der Waals surface area contributed by atoms with Crippen LogP contribution in [-0.4, -0.2) is 131 Å². The van der Waals surface area contributed by atoms with Crippen LogP contribution in [0.4, 0.5) is 11.9 Å². The number of benzene rings is 3. The van der Waals surface area contributed by atoms with E-state index in [2.05, 4.69) is 20.9 Å². The molecule has 0 aliphatic carbocycles. The molecule has 0 saturated carbocycles. The fraction of sp³-hybridized carbons (Fsp3) is 0.447. The van der Waals surface area contributed by atoms with Crippen molar-refractivity contribution in [3.05, 3.63) is 86.7 Å². The molecule has 0 unspecified atom stereocenters. The molecule has 0 spiro atoms. The standard InChI is InChI=1S/C47H51Cl2N9O8/c1-47(2,3)41-34-21-28(22-36(49)40(34)53-46(54-41)57-12-16-64-17-13-57)44(62)66-38(59)7-6-37(42(50)60)58-25-30-20-31(4-5-33(30)43(58)61)65-32-8-9-55(26-32)24-27-18-29-23-51-45(52-39(29)35(48)19-27)56-10-14-63-15-11-56/h4-5,18-23,32,37H,6-17,24-26H2,1-3H3,(H2,50,60)/t32-,37-/m0/s1. The van der Waals surface area contributed by atoms with Crippen molar-refractivity contribution in [2.45, 2.75) is 70.7 Å². The number of ether oxygens (including phenoxy) is 4. The third kappa shape index (κ3) is 9.72. The van der Waals surface area contributed by atoms with E-state index in [4.69, 9.17) is 62.8 Å². The Balaban J connectivity index is 0.798. The van der Waals surface area contributed by atoms with E-state index < -0.39 is 35.2 Å². The molecule has 17 nitrogen and oxygen atoms in total. The van der Waals surface area contributed by atoms with Crippen LogP contribution in [-0.2, 0) is 42.3 Å². The lowest BCUT2D eigenvalue weighted by molar-refractivity contribution is -0.138. The number of hydrogen-bond donors (Lipinski definition) is 1. The van der Waals surface area contributed by atoms with E-state index >= 15 is 0 Å². The molecule has 0 bridgehead atoms. The quantitative estimate of drug-likeness (QED) is 0.122. The minimum atomic E-state index is -1.13. The predicted octanol–water partition coefficient (Wildman–Crippen LogP) is 5.48. The number of fused-ring (bicyclic) bond motifs is 3. The van der Waals surface area contributed by atoms with Gasteiger partial charge in [-0.3, -0.25) is 19.3 Å². The third-order valence-corrected chi connectivity index (χ3v) is 12.9. The minimum Gasteiger partial charge on any atom is -0.489 e. The van der Waals surface area contributed by atoms with Gasteiger partial charge in [-0.2, -0.15) is 0 Å². The molecule has 2 amide bonds. The monoisotopic (exact) mass is 939 g/mol. The van der Waals surface area contributed by atoms with Gasteiger partial charge in [0.15, 0.2) is 0 Å². The van der Waals surface area contributed by atoms with Crippen molar-refractivity contribution >= 4 is 80.7 Å². The highest BCUT2D eigenvalue weighted by molar-refractivity contribution is 6.36. The second-order valence-electron chi connectivity index (χ2n) is 18.1. The second kappa shape index (κ2) is 18.9. The number of amides is 2. The van der Waals surface area contributed by atoms with E-state index in [-0.39, 0.29) is 36.1 Å². The number of carbonyl (C=O) groups excluding carboxylic acids is 4. The van der Waals surface area contributed by atoms with Crippen LogP contribution in [0.15, 0.2) is 48.7 Å². The third-order valence-electron chi connectivity index (χ3n) is 12.3. The number of nitrogens with two attached hydrogens (primary N) is 1. The minimum absolute atomic E-state index is 0.0397. The van der Waals surface area contributed by atoms with Gasteiger partial charge in [0.25, 0.3) is 5.91 Å². The van der Waals surface area contributed by atoms with Gasteiger partial charge in [-0.15, -0.1) is 0 Å². The summed E-state index contributed by atoms with van der Waals surface area (Å²) >= 11 is 13.5. The van der Waals surface area contributed by atoms with Gasteiger partial charge in [0.2, 0.25) is 17.8 Å². The van der Waals surface area contributed by atoms with Crippen molar-refractivity contribution in [2.75, 3.05) is 75.5 Å². The molecule has 0 radical (unpaired) electrons. The van der Waals surface area contributed by atoms with Crippen molar-refractivity contribution in [2.24, 2.45) is 5.73 Å². The van der Waals surface area contributed by atoms with Crippen molar-refractivity contribution in [1.82, 2.24) is 29.7 Å². The van der Waals surface area contributed by atoms with E-state index in [1.807, 2.05) is 44.0 Å². The highest BCUT2D eigenvalue weighted by Gasteiger charge is 2.37. The Bertz CT molecular complexity index is 2720. The fourth-order valence-electron chi connectivity index (χ4n) is 8.98. The van der Waals surface area contributed by atoms with Gasteiger partial charge in [-0.05, 0) is 66.4 Å². The lowest BCUT2D eigenvalue weighted by Gasteiger charge is -2.29. The van der Waals surface area contributed by atoms with Crippen LogP contribution in [0.5, 0.6) is 5.75 Å². The van der Waals surface area contributed by atoms with Crippen molar-refractivity contribution in [3.63, 3.8) is 0 Å². The first kappa shape index (κ1) is 45.4. The number of primary amides is 1. The lowest BCUT2D eigenvalue weighted by atomic mass is 9.88. The van der Waals surface area contributed by atoms with Gasteiger partial charge >= 0.3 is 11.9 Å². The Hall–Kier alpha value is -5.72. The molecule has 19 heteroatoms. The van der Waals surface area contributed by atoms with Crippen molar-refractivity contribution < 1.29 is 38.1 Å². The zero-order valence-electron chi connectivity index (χ0n) is 37.1. The van der Waals surface area contributed by atoms with Crippen molar-refractivity contribution in [1.29, 1.82) is 0 Å². The summed E-state index contributed by atoms with van der Waals surface area (Å²) in [4.78, 5) is 79.6. The number of rotatable bonds is 12. The smallest absolute Gasteiger partial charge is 0.345 e. The van der Waals surface area contributed by atoms with Crippen molar-refractivity contribution in [3.8, 4) is 5.75 Å². The molecule has 2 N–H and O–H groups in total. The predicted molar refractivity (Wildman–Crippen MR) is 247 cm³/mol. The summed E-state index contributed by atoms with van der Waals surface area (Å²) in [5, 5.41) is 2.22. The fourth-order valence-corrected chi connectivity index (χ4v) is 9.54. The van der Waals surface area contributed by atoms with E-state index in [1.165, 1.54) is 11.0 Å². The molecule has 4 aliphatic rings. The van der Waals surface area contributed by atoms with Gasteiger partial charge in [-0.25, -0.2) is 24.7 Å². The maximum Gasteiger partial charge on any atom is 0.345 e. The molecular weight excluding hydrogens is 889 g/mol. The zero-order valence-corrected chi connectivity index (χ0v) is 38.6. The number of esters is 2. The largest absolute Gasteiger partial charge is 0.489 e. The van der Waals surface area contributed by atoms with Gasteiger partial charge in [0.1, 0.15) is 17.9 Å². The maximum atomic E-state index is 13.6. The summed E-state index contributed by atoms with van der Waals surface area (Å²) in [6.07, 6.45) is 2.02. The van der Waals surface area contributed by atoms with E-state index in [1.54, 1.807) is 18.2 Å². The number of carbonyl (C=O) groups is 4. The average Bonchev–Trinajstić information content (AvgIpc) is 3.88. The Kier molecular flexibility index (Phi) is 13.0. The highest BCUT2D eigenvalue weighted by Crippen LogP contribution is 2.35. The van der Waals surface area contributed by atoms with Crippen LogP contribution in [0.1, 0.15) is 77.6 Å². The van der Waals surface area contributed by atoms with Crippen LogP contribution < -0.4 is 20.3 Å². The molecular formula is C47H51Cl2N9O8. The molecule has 3 saturated heterocycles. The molecule has 66 heavy (non-hydrogen) atoms. The number of likely N-dealkylation sites (tertiary alicyclic amines) is 1. The number of anilines is 2. The van der Waals surface area contributed by atoms with Gasteiger partial charge in [0.05, 0.1) is 58.8 Å². The molecule has 4 aliphatic heterocycles. The number of morpholine rings is 2. The van der Waals surface area contributed by atoms with Gasteiger partial charge in [-0.1, -0.05) is 44.0 Å². The maximum absolute atomic E-state index is 13.6. The second-order valence-corrected chi connectivity index (χ2v) is 18.9. The number of aromatic nitrogens is 4. The Morgan fingerprint density at radius 3 is 2.29 bits per heavy atom. The summed E-state index contributed by atoms with van der Waals surface area (Å²) in [6, 6.07) is 11.1. The van der Waals surface area contributed by atoms with E-state index in [0.717, 1.165) is 42.5 Å². The number of hydrogen-bond acceptors (Lipinski definition) is 15. The van der Waals surface area contributed by atoms with Crippen LogP contribution >= 0.6 is 23.2 Å². The SMILES string of the molecule is CC(C)(C)c1nc(N2CCOCC2)nc2c(Cl)cc(C(=O)OC(=O)CC[C@@H](C(N)=O)N3Cc4cc(O[C@H]5CCN(Cc6cc(Cl)c7nc(N8CCOCC8)ncc7c6)C5)ccc4C3=O)cc12. The summed E-state index contributed by atoms with van der Waals surface area (Å²) in [7, 11) is 0.